The van der Waals surface area contributed by atoms with Crippen LogP contribution in [-0.4, -0.2) is 33.9 Å². The summed E-state index contributed by atoms with van der Waals surface area (Å²) in [7, 11) is 0. The predicted octanol–water partition coefficient (Wildman–Crippen LogP) is 1.47. The fraction of sp³-hybridized carbons (Fsp3) is 0.600. The lowest BCUT2D eigenvalue weighted by Crippen LogP contribution is -2.27. The number of carbonyl (C=O) groups excluding carboxylic acids is 1. The number of hydrogen-bond acceptors (Lipinski definition) is 3. The SMILES string of the molecule is Cc1c(Br)c(C(F)(F)F)nn1CCC(=O)NCCO. The molecule has 19 heavy (non-hydrogen) atoms. The van der Waals surface area contributed by atoms with Gasteiger partial charge in [-0.1, -0.05) is 0 Å². The van der Waals surface area contributed by atoms with Gasteiger partial charge in [-0.15, -0.1) is 0 Å². The van der Waals surface area contributed by atoms with Crippen molar-refractivity contribution in [3.05, 3.63) is 15.9 Å². The second-order valence-electron chi connectivity index (χ2n) is 3.79. The molecule has 0 saturated heterocycles. The van der Waals surface area contributed by atoms with E-state index in [1.54, 1.807) is 0 Å². The maximum absolute atomic E-state index is 12.6. The van der Waals surface area contributed by atoms with Crippen molar-refractivity contribution in [1.82, 2.24) is 15.1 Å². The first-order valence-electron chi connectivity index (χ1n) is 5.45. The molecule has 1 rings (SSSR count). The average molecular weight is 344 g/mol. The molecule has 108 valence electrons. The van der Waals surface area contributed by atoms with Crippen LogP contribution in [0.5, 0.6) is 0 Å². The van der Waals surface area contributed by atoms with Gasteiger partial charge >= 0.3 is 6.18 Å². The van der Waals surface area contributed by atoms with Gasteiger partial charge in [0.1, 0.15) is 0 Å². The van der Waals surface area contributed by atoms with E-state index in [4.69, 9.17) is 5.11 Å². The molecule has 1 aromatic heterocycles. The standard InChI is InChI=1S/C10H13BrF3N3O2/c1-6-8(11)9(10(12,13)14)16-17(6)4-2-7(19)15-3-5-18/h18H,2-5H2,1H3,(H,15,19). The Morgan fingerprint density at radius 1 is 1.53 bits per heavy atom. The van der Waals surface area contributed by atoms with Gasteiger partial charge in [-0.2, -0.15) is 18.3 Å². The Morgan fingerprint density at radius 3 is 2.63 bits per heavy atom. The van der Waals surface area contributed by atoms with E-state index in [0.717, 1.165) is 4.68 Å². The first-order valence-corrected chi connectivity index (χ1v) is 6.24. The highest BCUT2D eigenvalue weighted by Gasteiger charge is 2.37. The molecule has 2 N–H and O–H groups in total. The molecule has 5 nitrogen and oxygen atoms in total. The molecule has 0 aromatic carbocycles. The lowest BCUT2D eigenvalue weighted by atomic mass is 10.3. The number of rotatable bonds is 5. The normalized spacial score (nSPS) is 11.7. The monoisotopic (exact) mass is 343 g/mol. The summed E-state index contributed by atoms with van der Waals surface area (Å²) in [6.45, 7) is 1.46. The molecule has 1 amide bonds. The van der Waals surface area contributed by atoms with E-state index < -0.39 is 11.9 Å². The van der Waals surface area contributed by atoms with Crippen LogP contribution in [0.1, 0.15) is 17.8 Å². The number of amides is 1. The Balaban J connectivity index is 2.73. The van der Waals surface area contributed by atoms with Crippen molar-refractivity contribution in [3.8, 4) is 0 Å². The van der Waals surface area contributed by atoms with Crippen LogP contribution >= 0.6 is 15.9 Å². The van der Waals surface area contributed by atoms with E-state index in [9.17, 15) is 18.0 Å². The number of aromatic nitrogens is 2. The van der Waals surface area contributed by atoms with Crippen molar-refractivity contribution in [2.75, 3.05) is 13.2 Å². The number of halogens is 4. The van der Waals surface area contributed by atoms with Gasteiger partial charge in [0, 0.05) is 13.0 Å². The van der Waals surface area contributed by atoms with E-state index in [1.807, 2.05) is 0 Å². The average Bonchev–Trinajstić information content (AvgIpc) is 2.61. The summed E-state index contributed by atoms with van der Waals surface area (Å²) in [5.41, 5.74) is -0.692. The molecule has 0 aliphatic carbocycles. The van der Waals surface area contributed by atoms with Gasteiger partial charge < -0.3 is 10.4 Å². The van der Waals surface area contributed by atoms with Crippen LogP contribution in [0.4, 0.5) is 13.2 Å². The Kier molecular flexibility index (Phi) is 5.36. The van der Waals surface area contributed by atoms with Crippen molar-refractivity contribution >= 4 is 21.8 Å². The number of aliphatic hydroxyl groups excluding tert-OH is 1. The van der Waals surface area contributed by atoms with E-state index in [0.29, 0.717) is 5.69 Å². The minimum Gasteiger partial charge on any atom is -0.395 e. The van der Waals surface area contributed by atoms with Gasteiger partial charge in [-0.3, -0.25) is 9.48 Å². The van der Waals surface area contributed by atoms with Crippen LogP contribution in [0.3, 0.4) is 0 Å². The molecule has 0 spiro atoms. The summed E-state index contributed by atoms with van der Waals surface area (Å²) in [4.78, 5) is 11.3. The summed E-state index contributed by atoms with van der Waals surface area (Å²) in [5, 5.41) is 14.4. The van der Waals surface area contributed by atoms with Crippen LogP contribution in [0, 0.1) is 6.92 Å². The molecule has 0 atom stereocenters. The topological polar surface area (TPSA) is 67.2 Å². The summed E-state index contributed by atoms with van der Waals surface area (Å²) in [5.74, 6) is -0.353. The zero-order valence-corrected chi connectivity index (χ0v) is 11.7. The van der Waals surface area contributed by atoms with Gasteiger partial charge in [-0.25, -0.2) is 0 Å². The molecule has 1 heterocycles. The third-order valence-electron chi connectivity index (χ3n) is 2.39. The lowest BCUT2D eigenvalue weighted by molar-refractivity contribution is -0.142. The molecule has 0 aliphatic heterocycles. The molecule has 0 radical (unpaired) electrons. The number of aliphatic hydroxyl groups is 1. The number of nitrogens with zero attached hydrogens (tertiary/aromatic N) is 2. The number of carbonyl (C=O) groups is 1. The highest BCUT2D eigenvalue weighted by Crippen LogP contribution is 2.35. The van der Waals surface area contributed by atoms with Gasteiger partial charge in [0.15, 0.2) is 5.69 Å². The van der Waals surface area contributed by atoms with E-state index in [2.05, 4.69) is 26.3 Å². The quantitative estimate of drug-likeness (QED) is 0.850. The number of alkyl halides is 3. The molecule has 0 fully saturated rings. The zero-order valence-electron chi connectivity index (χ0n) is 10.1. The van der Waals surface area contributed by atoms with Gasteiger partial charge in [0.2, 0.25) is 5.91 Å². The first kappa shape index (κ1) is 16.0. The molecule has 0 saturated carbocycles. The Bertz CT molecular complexity index is 460. The Morgan fingerprint density at radius 2 is 2.16 bits per heavy atom. The van der Waals surface area contributed by atoms with E-state index >= 15 is 0 Å². The van der Waals surface area contributed by atoms with Gasteiger partial charge in [0.05, 0.1) is 23.3 Å². The lowest BCUT2D eigenvalue weighted by Gasteiger charge is -2.05. The smallest absolute Gasteiger partial charge is 0.395 e. The Labute approximate surface area is 115 Å². The van der Waals surface area contributed by atoms with Crippen molar-refractivity contribution in [3.63, 3.8) is 0 Å². The van der Waals surface area contributed by atoms with Crippen molar-refractivity contribution in [1.29, 1.82) is 0 Å². The molecule has 0 aliphatic rings. The van der Waals surface area contributed by atoms with Crippen molar-refractivity contribution in [2.45, 2.75) is 26.1 Å². The molecular formula is C10H13BrF3N3O2. The fourth-order valence-electron chi connectivity index (χ4n) is 1.41. The predicted molar refractivity (Wildman–Crippen MR) is 64.4 cm³/mol. The van der Waals surface area contributed by atoms with Crippen LogP contribution in [-0.2, 0) is 17.5 Å². The molecular weight excluding hydrogens is 331 g/mol. The number of aryl methyl sites for hydroxylation is 1. The molecule has 1 aromatic rings. The van der Waals surface area contributed by atoms with Gasteiger partial charge in [0.25, 0.3) is 0 Å². The molecule has 0 bridgehead atoms. The van der Waals surface area contributed by atoms with Crippen molar-refractivity contribution < 1.29 is 23.1 Å². The highest BCUT2D eigenvalue weighted by atomic mass is 79.9. The maximum atomic E-state index is 12.6. The summed E-state index contributed by atoms with van der Waals surface area (Å²) >= 11 is 2.85. The van der Waals surface area contributed by atoms with Gasteiger partial charge in [-0.05, 0) is 22.9 Å². The second-order valence-corrected chi connectivity index (χ2v) is 4.59. The zero-order chi connectivity index (χ0) is 14.6. The highest BCUT2D eigenvalue weighted by molar-refractivity contribution is 9.10. The first-order chi connectivity index (χ1) is 8.77. The summed E-state index contributed by atoms with van der Waals surface area (Å²) in [6, 6.07) is 0. The fourth-order valence-corrected chi connectivity index (χ4v) is 1.92. The molecule has 9 heteroatoms. The van der Waals surface area contributed by atoms with Crippen LogP contribution in [0.25, 0.3) is 0 Å². The van der Waals surface area contributed by atoms with Crippen LogP contribution < -0.4 is 5.32 Å². The van der Waals surface area contributed by atoms with Crippen molar-refractivity contribution in [2.24, 2.45) is 0 Å². The summed E-state index contributed by atoms with van der Waals surface area (Å²) < 4.78 is 38.8. The van der Waals surface area contributed by atoms with Crippen LogP contribution in [0.15, 0.2) is 4.47 Å². The summed E-state index contributed by atoms with van der Waals surface area (Å²) in [6.07, 6.45) is -4.54. The number of nitrogens with one attached hydrogen (secondary N) is 1. The van der Waals surface area contributed by atoms with E-state index in [-0.39, 0.29) is 36.5 Å². The second kappa shape index (κ2) is 6.38. The molecule has 0 unspecified atom stereocenters. The van der Waals surface area contributed by atoms with Crippen LogP contribution in [0.2, 0.25) is 0 Å². The minimum atomic E-state index is -4.53. The minimum absolute atomic E-state index is 0.00768. The largest absolute Gasteiger partial charge is 0.436 e. The maximum Gasteiger partial charge on any atom is 0.436 e. The third-order valence-corrected chi connectivity index (χ3v) is 3.34. The Hall–Kier alpha value is -1.09. The third kappa shape index (κ3) is 4.20. The van der Waals surface area contributed by atoms with E-state index in [1.165, 1.54) is 6.92 Å². The number of hydrogen-bond donors (Lipinski definition) is 2.